The zero-order valence-corrected chi connectivity index (χ0v) is 22.4. The molecule has 1 aliphatic carbocycles. The van der Waals surface area contributed by atoms with Gasteiger partial charge in [-0.3, -0.25) is 4.79 Å². The first-order chi connectivity index (χ1) is 15.8. The molecule has 2 bridgehead atoms. The number of sulfonamides is 1. The molecule has 0 unspecified atom stereocenters. The third-order valence-electron chi connectivity index (χ3n) is 7.20. The molecule has 0 amide bonds. The molecule has 8 heteroatoms. The van der Waals surface area contributed by atoms with E-state index in [1.54, 1.807) is 30.3 Å². The average molecular weight is 504 g/mol. The Morgan fingerprint density at radius 2 is 1.68 bits per heavy atom. The van der Waals surface area contributed by atoms with E-state index in [1.165, 1.54) is 12.1 Å². The van der Waals surface area contributed by atoms with Gasteiger partial charge in [-0.15, -0.1) is 11.3 Å². The third-order valence-corrected chi connectivity index (χ3v) is 10.5. The van der Waals surface area contributed by atoms with Gasteiger partial charge in [0, 0.05) is 18.2 Å². The SMILES string of the molecule is CCOC(=O)c1sc(C(=O)c2ccc(S(=O)(=O)N3C[C@]4(C)C[C@@H]3CC(C)(C)C4)cc2)c(C)c1C. The topological polar surface area (TPSA) is 80.8 Å². The fraction of sp³-hybridized carbons (Fsp3) is 0.538. The molecule has 0 radical (unpaired) electrons. The molecule has 1 aromatic carbocycles. The second kappa shape index (κ2) is 8.57. The lowest BCUT2D eigenvalue weighted by molar-refractivity contribution is 0.0531. The fourth-order valence-electron chi connectivity index (χ4n) is 5.94. The van der Waals surface area contributed by atoms with Crippen molar-refractivity contribution in [2.24, 2.45) is 10.8 Å². The van der Waals surface area contributed by atoms with Crippen LogP contribution in [0.3, 0.4) is 0 Å². The first-order valence-corrected chi connectivity index (χ1v) is 14.0. The van der Waals surface area contributed by atoms with Crippen LogP contribution in [-0.2, 0) is 14.8 Å². The molecule has 1 aromatic heterocycles. The first kappa shape index (κ1) is 25.1. The van der Waals surface area contributed by atoms with Gasteiger partial charge >= 0.3 is 5.97 Å². The number of fused-ring (bicyclic) bond motifs is 2. The molecule has 2 aromatic rings. The molecule has 184 valence electrons. The van der Waals surface area contributed by atoms with E-state index in [0.717, 1.165) is 41.7 Å². The minimum atomic E-state index is -3.65. The van der Waals surface area contributed by atoms with Crippen LogP contribution in [0.4, 0.5) is 0 Å². The molecule has 1 aliphatic heterocycles. The zero-order chi connectivity index (χ0) is 25.1. The minimum absolute atomic E-state index is 0.000579. The minimum Gasteiger partial charge on any atom is -0.462 e. The maximum absolute atomic E-state index is 13.5. The molecule has 2 atom stereocenters. The Balaban J connectivity index is 1.59. The number of esters is 1. The summed E-state index contributed by atoms with van der Waals surface area (Å²) in [5.74, 6) is -0.655. The highest BCUT2D eigenvalue weighted by Gasteiger charge is 2.53. The molecule has 4 rings (SSSR count). The van der Waals surface area contributed by atoms with Crippen molar-refractivity contribution >= 4 is 33.1 Å². The summed E-state index contributed by atoms with van der Waals surface area (Å²) in [5, 5.41) is 0. The number of ether oxygens (including phenoxy) is 1. The molecule has 34 heavy (non-hydrogen) atoms. The van der Waals surface area contributed by atoms with Gasteiger partial charge in [-0.05, 0) is 86.3 Å². The van der Waals surface area contributed by atoms with Gasteiger partial charge in [0.05, 0.1) is 16.4 Å². The molecule has 2 aliphatic rings. The van der Waals surface area contributed by atoms with Gasteiger partial charge in [0.15, 0.2) is 0 Å². The van der Waals surface area contributed by atoms with E-state index >= 15 is 0 Å². The Labute approximate surface area is 206 Å². The third kappa shape index (κ3) is 4.36. The van der Waals surface area contributed by atoms with Gasteiger partial charge in [-0.2, -0.15) is 4.31 Å². The normalized spacial score (nSPS) is 24.2. The smallest absolute Gasteiger partial charge is 0.348 e. The van der Waals surface area contributed by atoms with Crippen LogP contribution in [0.25, 0.3) is 0 Å². The number of carbonyl (C=O) groups excluding carboxylic acids is 2. The second-order valence-corrected chi connectivity index (χ2v) is 13.8. The fourth-order valence-corrected chi connectivity index (χ4v) is 8.88. The summed E-state index contributed by atoms with van der Waals surface area (Å²) in [5.41, 5.74) is 2.00. The maximum atomic E-state index is 13.5. The zero-order valence-electron chi connectivity index (χ0n) is 20.7. The summed E-state index contributed by atoms with van der Waals surface area (Å²) in [6.07, 6.45) is 2.77. The van der Waals surface area contributed by atoms with Gasteiger partial charge in [0.1, 0.15) is 4.88 Å². The lowest BCUT2D eigenvalue weighted by Gasteiger charge is -2.39. The van der Waals surface area contributed by atoms with E-state index in [0.29, 0.717) is 21.9 Å². The molecular weight excluding hydrogens is 470 g/mol. The molecule has 2 heterocycles. The predicted molar refractivity (Wildman–Crippen MR) is 133 cm³/mol. The van der Waals surface area contributed by atoms with Crippen molar-refractivity contribution in [2.45, 2.75) is 71.7 Å². The number of hydrogen-bond acceptors (Lipinski definition) is 6. The summed E-state index contributed by atoms with van der Waals surface area (Å²) in [7, 11) is -3.65. The number of nitrogens with zero attached hydrogens (tertiary/aromatic N) is 1. The van der Waals surface area contributed by atoms with Crippen molar-refractivity contribution in [3.05, 3.63) is 50.7 Å². The number of carbonyl (C=O) groups is 2. The van der Waals surface area contributed by atoms with Crippen LogP contribution in [0.15, 0.2) is 29.2 Å². The Morgan fingerprint density at radius 3 is 2.29 bits per heavy atom. The summed E-state index contributed by atoms with van der Waals surface area (Å²) in [6.45, 7) is 12.8. The van der Waals surface area contributed by atoms with E-state index in [4.69, 9.17) is 4.74 Å². The maximum Gasteiger partial charge on any atom is 0.348 e. The predicted octanol–water partition coefficient (Wildman–Crippen LogP) is 5.36. The molecule has 6 nitrogen and oxygen atoms in total. The largest absolute Gasteiger partial charge is 0.462 e. The van der Waals surface area contributed by atoms with Crippen molar-refractivity contribution in [3.8, 4) is 0 Å². The molecule has 1 saturated carbocycles. The number of hydrogen-bond donors (Lipinski definition) is 0. The van der Waals surface area contributed by atoms with Crippen LogP contribution >= 0.6 is 11.3 Å². The molecule has 0 spiro atoms. The summed E-state index contributed by atoms with van der Waals surface area (Å²) >= 11 is 1.13. The summed E-state index contributed by atoms with van der Waals surface area (Å²) in [4.78, 5) is 26.5. The molecule has 2 fully saturated rings. The molecule has 1 saturated heterocycles. The van der Waals surface area contributed by atoms with Gasteiger partial charge in [0.25, 0.3) is 0 Å². The van der Waals surface area contributed by atoms with Crippen LogP contribution in [0, 0.1) is 24.7 Å². The number of thiophene rings is 1. The Kier molecular flexibility index (Phi) is 6.32. The Hall–Kier alpha value is -2.03. The highest BCUT2D eigenvalue weighted by Crippen LogP contribution is 2.53. The van der Waals surface area contributed by atoms with Crippen molar-refractivity contribution < 1.29 is 22.7 Å². The van der Waals surface area contributed by atoms with E-state index in [1.807, 2.05) is 6.92 Å². The highest BCUT2D eigenvalue weighted by molar-refractivity contribution is 7.89. The van der Waals surface area contributed by atoms with Crippen LogP contribution in [0.1, 0.15) is 83.0 Å². The van der Waals surface area contributed by atoms with Crippen molar-refractivity contribution in [1.82, 2.24) is 4.31 Å². The average Bonchev–Trinajstić information content (AvgIpc) is 3.19. The number of rotatable bonds is 6. The molecular formula is C26H33NO5S2. The van der Waals surface area contributed by atoms with Gasteiger partial charge < -0.3 is 4.74 Å². The number of benzene rings is 1. The Bertz CT molecular complexity index is 1240. The van der Waals surface area contributed by atoms with E-state index < -0.39 is 16.0 Å². The van der Waals surface area contributed by atoms with Gasteiger partial charge in [-0.25, -0.2) is 13.2 Å². The lowest BCUT2D eigenvalue weighted by Crippen LogP contribution is -2.37. The summed E-state index contributed by atoms with van der Waals surface area (Å²) in [6, 6.07) is 6.21. The van der Waals surface area contributed by atoms with Gasteiger partial charge in [-0.1, -0.05) is 20.8 Å². The summed E-state index contributed by atoms with van der Waals surface area (Å²) < 4.78 is 33.8. The van der Waals surface area contributed by atoms with E-state index in [-0.39, 0.29) is 34.2 Å². The van der Waals surface area contributed by atoms with Crippen molar-refractivity contribution in [3.63, 3.8) is 0 Å². The van der Waals surface area contributed by atoms with Crippen LogP contribution < -0.4 is 0 Å². The van der Waals surface area contributed by atoms with Crippen LogP contribution in [0.5, 0.6) is 0 Å². The lowest BCUT2D eigenvalue weighted by atomic mass is 9.65. The van der Waals surface area contributed by atoms with Gasteiger partial charge in [0.2, 0.25) is 15.8 Å². The van der Waals surface area contributed by atoms with Crippen molar-refractivity contribution in [2.75, 3.05) is 13.2 Å². The second-order valence-electron chi connectivity index (χ2n) is 10.8. The highest BCUT2D eigenvalue weighted by atomic mass is 32.2. The van der Waals surface area contributed by atoms with Crippen LogP contribution in [-0.4, -0.2) is 43.7 Å². The first-order valence-electron chi connectivity index (χ1n) is 11.7. The van der Waals surface area contributed by atoms with Crippen molar-refractivity contribution in [1.29, 1.82) is 0 Å². The molecule has 0 N–H and O–H groups in total. The van der Waals surface area contributed by atoms with E-state index in [2.05, 4.69) is 20.8 Å². The monoisotopic (exact) mass is 503 g/mol. The quantitative estimate of drug-likeness (QED) is 0.391. The number of ketones is 1. The Morgan fingerprint density at radius 1 is 1.06 bits per heavy atom. The van der Waals surface area contributed by atoms with Crippen LogP contribution in [0.2, 0.25) is 0 Å². The standard InChI is InChI=1S/C26H33NO5S2/c1-7-32-24(29)23-17(3)16(2)22(33-23)21(28)18-8-10-20(11-9-18)34(30,31)27-15-26(6)13-19(27)12-25(4,5)14-26/h8-11,19H,7,12-15H2,1-6H3/t19-,26+/m0/s1. The van der Waals surface area contributed by atoms with E-state index in [9.17, 15) is 18.0 Å².